The topological polar surface area (TPSA) is 86.0 Å². The number of carboxylic acids is 1. The van der Waals surface area contributed by atoms with Crippen LogP contribution >= 0.6 is 0 Å². The van der Waals surface area contributed by atoms with Crippen LogP contribution in [0.4, 0.5) is 0 Å². The van der Waals surface area contributed by atoms with Crippen LogP contribution in [0.2, 0.25) is 0 Å². The molecule has 0 unspecified atom stereocenters. The third kappa shape index (κ3) is 3.86. The SMILES string of the molecule is Cc1cc(C)cc(Oc2c(C)oc3cc(OC(C)(C)C(=O)O)ccc3c2=O)c1. The highest BCUT2D eigenvalue weighted by Gasteiger charge is 2.29. The molecule has 0 aliphatic carbocycles. The first kappa shape index (κ1) is 19.5. The smallest absolute Gasteiger partial charge is 0.347 e. The zero-order valence-electron chi connectivity index (χ0n) is 16.5. The Morgan fingerprint density at radius 2 is 1.64 bits per heavy atom. The monoisotopic (exact) mass is 382 g/mol. The van der Waals surface area contributed by atoms with Gasteiger partial charge < -0.3 is 19.0 Å². The summed E-state index contributed by atoms with van der Waals surface area (Å²) in [5, 5.41) is 9.53. The molecule has 0 aliphatic rings. The van der Waals surface area contributed by atoms with Gasteiger partial charge in [-0.25, -0.2) is 4.79 Å². The first-order valence-corrected chi connectivity index (χ1v) is 8.83. The van der Waals surface area contributed by atoms with E-state index in [0.717, 1.165) is 11.1 Å². The number of aliphatic carboxylic acids is 1. The summed E-state index contributed by atoms with van der Waals surface area (Å²) in [5.74, 6) is 0.214. The Hall–Kier alpha value is -3.28. The molecule has 1 N–H and O–H groups in total. The van der Waals surface area contributed by atoms with Crippen molar-refractivity contribution in [2.24, 2.45) is 0 Å². The van der Waals surface area contributed by atoms with Crippen molar-refractivity contribution in [3.63, 3.8) is 0 Å². The molecule has 28 heavy (non-hydrogen) atoms. The van der Waals surface area contributed by atoms with Gasteiger partial charge >= 0.3 is 5.97 Å². The molecule has 0 spiro atoms. The van der Waals surface area contributed by atoms with Gasteiger partial charge in [-0.15, -0.1) is 0 Å². The molecule has 1 aromatic heterocycles. The molecular weight excluding hydrogens is 360 g/mol. The number of fused-ring (bicyclic) bond motifs is 1. The van der Waals surface area contributed by atoms with Crippen molar-refractivity contribution >= 4 is 16.9 Å². The van der Waals surface area contributed by atoms with Gasteiger partial charge in [-0.05, 0) is 70.0 Å². The Balaban J connectivity index is 2.02. The lowest BCUT2D eigenvalue weighted by molar-refractivity contribution is -0.152. The van der Waals surface area contributed by atoms with Gasteiger partial charge in [-0.3, -0.25) is 4.79 Å². The Kier molecular flexibility index (Phi) is 4.89. The number of hydrogen-bond donors (Lipinski definition) is 1. The predicted molar refractivity (Wildman–Crippen MR) is 106 cm³/mol. The Morgan fingerprint density at radius 1 is 1.00 bits per heavy atom. The van der Waals surface area contributed by atoms with Crippen molar-refractivity contribution in [3.05, 3.63) is 63.5 Å². The van der Waals surface area contributed by atoms with Gasteiger partial charge in [0.25, 0.3) is 0 Å². The maximum absolute atomic E-state index is 12.9. The molecule has 0 radical (unpaired) electrons. The van der Waals surface area contributed by atoms with Gasteiger partial charge in [0.2, 0.25) is 11.2 Å². The van der Waals surface area contributed by atoms with Crippen LogP contribution in [0.3, 0.4) is 0 Å². The van der Waals surface area contributed by atoms with E-state index in [9.17, 15) is 14.7 Å². The summed E-state index contributed by atoms with van der Waals surface area (Å²) in [6.45, 7) is 8.45. The minimum atomic E-state index is -1.41. The average molecular weight is 382 g/mol. The van der Waals surface area contributed by atoms with Crippen molar-refractivity contribution in [2.45, 2.75) is 40.2 Å². The molecule has 146 valence electrons. The summed E-state index contributed by atoms with van der Waals surface area (Å²) >= 11 is 0. The minimum Gasteiger partial charge on any atom is -0.478 e. The van der Waals surface area contributed by atoms with Gasteiger partial charge in [0.05, 0.1) is 5.39 Å². The van der Waals surface area contributed by atoms with Gasteiger partial charge in [0.1, 0.15) is 22.8 Å². The second kappa shape index (κ2) is 7.03. The maximum Gasteiger partial charge on any atom is 0.347 e. The average Bonchev–Trinajstić information content (AvgIpc) is 2.57. The van der Waals surface area contributed by atoms with E-state index in [4.69, 9.17) is 13.9 Å². The minimum absolute atomic E-state index is 0.122. The highest BCUT2D eigenvalue weighted by molar-refractivity contribution is 5.80. The largest absolute Gasteiger partial charge is 0.478 e. The van der Waals surface area contributed by atoms with Crippen molar-refractivity contribution in [3.8, 4) is 17.2 Å². The quantitative estimate of drug-likeness (QED) is 0.685. The summed E-state index contributed by atoms with van der Waals surface area (Å²) in [7, 11) is 0. The van der Waals surface area contributed by atoms with E-state index in [1.165, 1.54) is 19.9 Å². The number of hydrogen-bond acceptors (Lipinski definition) is 5. The van der Waals surface area contributed by atoms with Crippen LogP contribution in [0.5, 0.6) is 17.2 Å². The summed E-state index contributed by atoms with van der Waals surface area (Å²) in [6.07, 6.45) is 0. The third-order valence-corrected chi connectivity index (χ3v) is 4.29. The van der Waals surface area contributed by atoms with Gasteiger partial charge in [-0.2, -0.15) is 0 Å². The second-order valence-corrected chi connectivity index (χ2v) is 7.32. The van der Waals surface area contributed by atoms with Gasteiger partial charge in [0.15, 0.2) is 5.60 Å². The lowest BCUT2D eigenvalue weighted by atomic mass is 10.1. The van der Waals surface area contributed by atoms with Crippen LogP contribution in [0.15, 0.2) is 45.6 Å². The fourth-order valence-corrected chi connectivity index (χ4v) is 2.90. The Morgan fingerprint density at radius 3 is 2.25 bits per heavy atom. The second-order valence-electron chi connectivity index (χ2n) is 7.32. The standard InChI is InChI=1S/C22H22O6/c1-12-8-13(2)10-16(9-12)27-20-14(3)26-18-11-15(6-7-17(18)19(20)23)28-22(4,5)21(24)25/h6-11H,1-5H3,(H,24,25). The molecule has 0 aliphatic heterocycles. The first-order chi connectivity index (χ1) is 13.1. The van der Waals surface area contributed by atoms with E-state index in [1.807, 2.05) is 32.0 Å². The lowest BCUT2D eigenvalue weighted by Gasteiger charge is -2.21. The molecule has 1 heterocycles. The highest BCUT2D eigenvalue weighted by atomic mass is 16.5. The van der Waals surface area contributed by atoms with E-state index >= 15 is 0 Å². The van der Waals surface area contributed by atoms with E-state index in [2.05, 4.69) is 0 Å². The Labute approximate surface area is 162 Å². The number of ether oxygens (including phenoxy) is 2. The lowest BCUT2D eigenvalue weighted by Crippen LogP contribution is -2.37. The predicted octanol–water partition coefficient (Wildman–Crippen LogP) is 4.75. The maximum atomic E-state index is 12.9. The van der Waals surface area contributed by atoms with Crippen LogP contribution in [-0.4, -0.2) is 16.7 Å². The normalized spacial score (nSPS) is 11.5. The van der Waals surface area contributed by atoms with E-state index in [-0.39, 0.29) is 11.2 Å². The van der Waals surface area contributed by atoms with Crippen LogP contribution in [0, 0.1) is 20.8 Å². The molecule has 0 amide bonds. The summed E-state index contributed by atoms with van der Waals surface area (Å²) in [5.41, 5.74) is 0.645. The zero-order chi connectivity index (χ0) is 20.6. The highest BCUT2D eigenvalue weighted by Crippen LogP contribution is 2.29. The fraction of sp³-hybridized carbons (Fsp3) is 0.273. The third-order valence-electron chi connectivity index (χ3n) is 4.29. The molecule has 2 aromatic carbocycles. The number of carboxylic acid groups (broad SMARTS) is 1. The van der Waals surface area contributed by atoms with Crippen molar-refractivity contribution in [1.29, 1.82) is 0 Å². The molecular formula is C22H22O6. The zero-order valence-corrected chi connectivity index (χ0v) is 16.5. The molecule has 3 rings (SSSR count). The van der Waals surface area contributed by atoms with Crippen LogP contribution in [0.1, 0.15) is 30.7 Å². The first-order valence-electron chi connectivity index (χ1n) is 8.83. The molecule has 0 fully saturated rings. The van der Waals surface area contributed by atoms with Crippen LogP contribution < -0.4 is 14.9 Å². The van der Waals surface area contributed by atoms with Crippen LogP contribution in [0.25, 0.3) is 11.0 Å². The molecule has 3 aromatic rings. The van der Waals surface area contributed by atoms with E-state index in [0.29, 0.717) is 28.2 Å². The molecule has 0 bridgehead atoms. The summed E-state index contributed by atoms with van der Waals surface area (Å²) in [4.78, 5) is 24.2. The molecule has 0 atom stereocenters. The molecule has 6 nitrogen and oxygen atoms in total. The Bertz CT molecular complexity index is 1100. The number of rotatable bonds is 5. The number of carbonyl (C=O) groups is 1. The molecule has 0 saturated heterocycles. The van der Waals surface area contributed by atoms with Crippen molar-refractivity contribution < 1.29 is 23.8 Å². The number of aryl methyl sites for hydroxylation is 3. The van der Waals surface area contributed by atoms with E-state index < -0.39 is 11.6 Å². The van der Waals surface area contributed by atoms with E-state index in [1.54, 1.807) is 19.1 Å². The summed E-state index contributed by atoms with van der Waals surface area (Å²) in [6, 6.07) is 10.3. The fourth-order valence-electron chi connectivity index (χ4n) is 2.90. The van der Waals surface area contributed by atoms with Gasteiger partial charge in [0, 0.05) is 6.07 Å². The molecule has 6 heteroatoms. The van der Waals surface area contributed by atoms with Gasteiger partial charge in [-0.1, -0.05) is 6.07 Å². The number of benzene rings is 2. The van der Waals surface area contributed by atoms with Crippen molar-refractivity contribution in [1.82, 2.24) is 0 Å². The van der Waals surface area contributed by atoms with Crippen LogP contribution in [-0.2, 0) is 4.79 Å². The molecule has 0 saturated carbocycles. The summed E-state index contributed by atoms with van der Waals surface area (Å²) < 4.78 is 17.1. The van der Waals surface area contributed by atoms with Crippen molar-refractivity contribution in [2.75, 3.05) is 0 Å².